The molecule has 2 aromatic carbocycles. The highest BCUT2D eigenvalue weighted by atomic mass is 79.9. The minimum atomic E-state index is 0.0418. The van der Waals surface area contributed by atoms with E-state index in [1.165, 1.54) is 5.56 Å². The van der Waals surface area contributed by atoms with Crippen LogP contribution in [-0.2, 0) is 11.3 Å². The Morgan fingerprint density at radius 2 is 1.78 bits per heavy atom. The summed E-state index contributed by atoms with van der Waals surface area (Å²) in [5.41, 5.74) is 6.08. The van der Waals surface area contributed by atoms with Crippen LogP contribution >= 0.6 is 15.9 Å². The number of nitrogens with one attached hydrogen (secondary N) is 1. The molecule has 1 heterocycles. The average Bonchev–Trinajstić information content (AvgIpc) is 2.71. The number of hydrazone groups is 1. The first-order valence-electron chi connectivity index (χ1n) is 9.54. The number of nitrogens with zero attached hydrogens (tertiary/aromatic N) is 2. The largest absolute Gasteiger partial charge is 0.299 e. The zero-order valence-electron chi connectivity index (χ0n) is 15.7. The van der Waals surface area contributed by atoms with Crippen LogP contribution in [-0.4, -0.2) is 29.6 Å². The second-order valence-electron chi connectivity index (χ2n) is 6.93. The van der Waals surface area contributed by atoms with Gasteiger partial charge in [-0.3, -0.25) is 9.69 Å². The van der Waals surface area contributed by atoms with Crippen LogP contribution < -0.4 is 5.43 Å². The van der Waals surface area contributed by atoms with Gasteiger partial charge in [-0.05, 0) is 55.6 Å². The lowest BCUT2D eigenvalue weighted by molar-refractivity contribution is -0.126. The van der Waals surface area contributed by atoms with Crippen LogP contribution in [0, 0.1) is 5.92 Å². The van der Waals surface area contributed by atoms with Crippen molar-refractivity contribution in [3.8, 4) is 0 Å². The van der Waals surface area contributed by atoms with E-state index in [1.54, 1.807) is 0 Å². The topological polar surface area (TPSA) is 44.7 Å². The monoisotopic (exact) mass is 427 g/mol. The van der Waals surface area contributed by atoms with Gasteiger partial charge in [0.1, 0.15) is 0 Å². The van der Waals surface area contributed by atoms with Gasteiger partial charge in [-0.25, -0.2) is 5.43 Å². The molecule has 3 rings (SSSR count). The van der Waals surface area contributed by atoms with Gasteiger partial charge in [0.15, 0.2) is 0 Å². The molecule has 142 valence electrons. The Balaban J connectivity index is 1.49. The molecule has 0 radical (unpaired) electrons. The number of hydrogen-bond acceptors (Lipinski definition) is 3. The van der Waals surface area contributed by atoms with Gasteiger partial charge in [0.2, 0.25) is 5.91 Å². The third-order valence-electron chi connectivity index (χ3n) is 5.02. The summed E-state index contributed by atoms with van der Waals surface area (Å²) in [6, 6.07) is 18.5. The van der Waals surface area contributed by atoms with Crippen LogP contribution in [0.15, 0.2) is 64.2 Å². The van der Waals surface area contributed by atoms with Gasteiger partial charge in [0, 0.05) is 16.9 Å². The number of benzene rings is 2. The predicted octanol–water partition coefficient (Wildman–Crippen LogP) is 4.59. The third kappa shape index (κ3) is 5.75. The Bertz CT molecular complexity index is 766. The van der Waals surface area contributed by atoms with E-state index in [0.29, 0.717) is 0 Å². The van der Waals surface area contributed by atoms with E-state index < -0.39 is 0 Å². The van der Waals surface area contributed by atoms with Crippen LogP contribution in [0.2, 0.25) is 0 Å². The van der Waals surface area contributed by atoms with Crippen LogP contribution in [0.1, 0.15) is 37.3 Å². The first-order valence-corrected chi connectivity index (χ1v) is 10.3. The molecule has 0 unspecified atom stereocenters. The lowest BCUT2D eigenvalue weighted by Crippen LogP contribution is -2.39. The van der Waals surface area contributed by atoms with Gasteiger partial charge < -0.3 is 0 Å². The third-order valence-corrected chi connectivity index (χ3v) is 5.55. The second-order valence-corrected chi connectivity index (χ2v) is 7.85. The first kappa shape index (κ1) is 19.8. The van der Waals surface area contributed by atoms with Gasteiger partial charge in [-0.1, -0.05) is 65.3 Å². The maximum atomic E-state index is 12.5. The van der Waals surface area contributed by atoms with Crippen LogP contribution in [0.5, 0.6) is 0 Å². The van der Waals surface area contributed by atoms with E-state index in [-0.39, 0.29) is 11.8 Å². The van der Waals surface area contributed by atoms with Crippen LogP contribution in [0.25, 0.3) is 0 Å². The summed E-state index contributed by atoms with van der Waals surface area (Å²) in [5.74, 6) is 0.0870. The van der Waals surface area contributed by atoms with E-state index in [1.807, 2.05) is 30.3 Å². The van der Waals surface area contributed by atoms with Crippen molar-refractivity contribution in [2.24, 2.45) is 11.0 Å². The lowest BCUT2D eigenvalue weighted by atomic mass is 9.96. The molecule has 0 saturated carbocycles. The fourth-order valence-electron chi connectivity index (χ4n) is 3.39. The standard InChI is InChI=1S/C22H26BrN3O/c1-2-21(18-6-4-3-5-7-18)24-25-22(27)19-12-14-26(15-13-19)16-17-8-10-20(23)11-9-17/h3-11,19H,2,12-16H2,1H3,(H,25,27)/b24-21+. The van der Waals surface area contributed by atoms with Crippen molar-refractivity contribution < 1.29 is 4.79 Å². The Hall–Kier alpha value is -1.98. The molecule has 1 aliphatic heterocycles. The summed E-state index contributed by atoms with van der Waals surface area (Å²) in [5, 5.41) is 4.38. The predicted molar refractivity (Wildman–Crippen MR) is 114 cm³/mol. The number of amides is 1. The summed E-state index contributed by atoms with van der Waals surface area (Å²) in [6.07, 6.45) is 2.55. The molecule has 27 heavy (non-hydrogen) atoms. The molecular formula is C22H26BrN3O. The van der Waals surface area contributed by atoms with Crippen LogP contribution in [0.4, 0.5) is 0 Å². The Morgan fingerprint density at radius 1 is 1.11 bits per heavy atom. The van der Waals surface area contributed by atoms with Crippen molar-refractivity contribution in [1.29, 1.82) is 0 Å². The summed E-state index contributed by atoms with van der Waals surface area (Å²) >= 11 is 3.47. The Morgan fingerprint density at radius 3 is 2.41 bits per heavy atom. The van der Waals surface area contributed by atoms with Crippen molar-refractivity contribution in [3.05, 3.63) is 70.2 Å². The Labute approximate surface area is 169 Å². The average molecular weight is 428 g/mol. The van der Waals surface area contributed by atoms with Crippen molar-refractivity contribution in [1.82, 2.24) is 10.3 Å². The highest BCUT2D eigenvalue weighted by Crippen LogP contribution is 2.20. The molecule has 1 aliphatic rings. The number of hydrogen-bond donors (Lipinski definition) is 1. The van der Waals surface area contributed by atoms with E-state index in [4.69, 9.17) is 0 Å². The lowest BCUT2D eigenvalue weighted by Gasteiger charge is -2.31. The molecule has 1 fully saturated rings. The molecule has 0 bridgehead atoms. The number of carbonyl (C=O) groups is 1. The zero-order chi connectivity index (χ0) is 19.1. The van der Waals surface area contributed by atoms with Crippen molar-refractivity contribution >= 4 is 27.5 Å². The fraction of sp³-hybridized carbons (Fsp3) is 0.364. The summed E-state index contributed by atoms with van der Waals surface area (Å²) in [7, 11) is 0. The maximum absolute atomic E-state index is 12.5. The van der Waals surface area contributed by atoms with E-state index in [9.17, 15) is 4.79 Å². The number of piperidine rings is 1. The normalized spacial score (nSPS) is 16.3. The highest BCUT2D eigenvalue weighted by molar-refractivity contribution is 9.10. The van der Waals surface area contributed by atoms with Gasteiger partial charge in [0.05, 0.1) is 5.71 Å². The minimum absolute atomic E-state index is 0.0418. The molecule has 0 atom stereocenters. The molecular weight excluding hydrogens is 402 g/mol. The maximum Gasteiger partial charge on any atom is 0.243 e. The van der Waals surface area contributed by atoms with Crippen molar-refractivity contribution in [3.63, 3.8) is 0 Å². The summed E-state index contributed by atoms with van der Waals surface area (Å²) in [6.45, 7) is 4.88. The van der Waals surface area contributed by atoms with E-state index >= 15 is 0 Å². The quantitative estimate of drug-likeness (QED) is 0.540. The fourth-order valence-corrected chi connectivity index (χ4v) is 3.66. The molecule has 5 heteroatoms. The molecule has 0 spiro atoms. The van der Waals surface area contributed by atoms with Gasteiger partial charge in [-0.2, -0.15) is 5.10 Å². The molecule has 1 amide bonds. The van der Waals surface area contributed by atoms with E-state index in [0.717, 1.165) is 54.6 Å². The Kier molecular flexibility index (Phi) is 7.18. The second kappa shape index (κ2) is 9.81. The van der Waals surface area contributed by atoms with Crippen molar-refractivity contribution in [2.45, 2.75) is 32.7 Å². The summed E-state index contributed by atoms with van der Waals surface area (Å²) < 4.78 is 1.10. The zero-order valence-corrected chi connectivity index (χ0v) is 17.3. The van der Waals surface area contributed by atoms with Gasteiger partial charge in [0.25, 0.3) is 0 Å². The molecule has 1 N–H and O–H groups in total. The van der Waals surface area contributed by atoms with E-state index in [2.05, 4.69) is 62.5 Å². The number of likely N-dealkylation sites (tertiary alicyclic amines) is 1. The number of carbonyl (C=O) groups excluding carboxylic acids is 1. The highest BCUT2D eigenvalue weighted by Gasteiger charge is 2.25. The first-order chi connectivity index (χ1) is 13.2. The molecule has 1 saturated heterocycles. The molecule has 0 aliphatic carbocycles. The van der Waals surface area contributed by atoms with Crippen LogP contribution in [0.3, 0.4) is 0 Å². The van der Waals surface area contributed by atoms with Gasteiger partial charge in [-0.15, -0.1) is 0 Å². The number of rotatable bonds is 6. The minimum Gasteiger partial charge on any atom is -0.299 e. The summed E-state index contributed by atoms with van der Waals surface area (Å²) in [4.78, 5) is 14.9. The number of halogens is 1. The SMILES string of the molecule is CC/C(=N\NC(=O)C1CCN(Cc2ccc(Br)cc2)CC1)c1ccccc1. The van der Waals surface area contributed by atoms with Crippen molar-refractivity contribution in [2.75, 3.05) is 13.1 Å². The smallest absolute Gasteiger partial charge is 0.243 e. The molecule has 0 aromatic heterocycles. The van der Waals surface area contributed by atoms with Gasteiger partial charge >= 0.3 is 0 Å². The molecule has 2 aromatic rings. The molecule has 4 nitrogen and oxygen atoms in total.